The number of guanidine groups is 1. The quantitative estimate of drug-likeness (QED) is 0.845. The first-order valence-corrected chi connectivity index (χ1v) is 6.50. The highest BCUT2D eigenvalue weighted by Crippen LogP contribution is 2.24. The zero-order valence-electron chi connectivity index (χ0n) is 11.6. The number of carbonyl (C=O) groups excluding carboxylic acids is 1. The molecule has 1 aliphatic heterocycles. The number of nitrogens with two attached hydrogens (primary N) is 1. The number of rotatable bonds is 4. The van der Waals surface area contributed by atoms with Crippen LogP contribution in [0.1, 0.15) is 5.76 Å². The van der Waals surface area contributed by atoms with Gasteiger partial charge in [-0.1, -0.05) is 24.8 Å². The molecule has 0 aliphatic carbocycles. The molecular weight excluding hydrogens is 282 g/mol. The Morgan fingerprint density at radius 2 is 2.00 bits per heavy atom. The van der Waals surface area contributed by atoms with Crippen LogP contribution in [0.5, 0.6) is 0 Å². The summed E-state index contributed by atoms with van der Waals surface area (Å²) >= 11 is 0. The number of Topliss-reactive ketones (excluding diaryl/α,β-unsaturated/α-hetero) is 1. The second-order valence-corrected chi connectivity index (χ2v) is 4.64. The van der Waals surface area contributed by atoms with E-state index in [1.54, 1.807) is 12.1 Å². The summed E-state index contributed by atoms with van der Waals surface area (Å²) in [5.41, 5.74) is 6.77. The van der Waals surface area contributed by atoms with E-state index in [9.17, 15) is 4.79 Å². The van der Waals surface area contributed by atoms with Crippen molar-refractivity contribution in [2.45, 2.75) is 5.79 Å². The number of nitrogens with zero attached hydrogens (tertiary/aromatic N) is 3. The van der Waals surface area contributed by atoms with Crippen LogP contribution in [-0.2, 0) is 4.79 Å². The molecule has 1 unspecified atom stereocenters. The number of ketones is 1. The van der Waals surface area contributed by atoms with Crippen molar-refractivity contribution >= 4 is 23.0 Å². The third kappa shape index (κ3) is 2.57. The Bertz CT molecular complexity index is 764. The molecule has 0 spiro atoms. The summed E-state index contributed by atoms with van der Waals surface area (Å²) in [7, 11) is 0. The minimum Gasteiger partial charge on any atom is -0.464 e. The maximum Gasteiger partial charge on any atom is 0.289 e. The van der Waals surface area contributed by atoms with Crippen molar-refractivity contribution in [3.05, 3.63) is 61.1 Å². The lowest BCUT2D eigenvalue weighted by Gasteiger charge is -2.14. The predicted octanol–water partition coefficient (Wildman–Crippen LogP) is 2.41. The van der Waals surface area contributed by atoms with Gasteiger partial charge in [-0.15, -0.1) is 10.2 Å². The average molecular weight is 295 g/mol. The van der Waals surface area contributed by atoms with Crippen molar-refractivity contribution in [1.82, 2.24) is 0 Å². The predicted molar refractivity (Wildman–Crippen MR) is 82.0 cm³/mol. The molecule has 0 fully saturated rings. The number of nitrogens with one attached hydrogen (secondary N) is 1. The average Bonchev–Trinajstić information content (AvgIpc) is 3.18. The zero-order valence-corrected chi connectivity index (χ0v) is 11.6. The van der Waals surface area contributed by atoms with Crippen LogP contribution in [0, 0.1) is 0 Å². The van der Waals surface area contributed by atoms with Gasteiger partial charge in [0.2, 0.25) is 11.7 Å². The van der Waals surface area contributed by atoms with Crippen molar-refractivity contribution in [2.24, 2.45) is 21.0 Å². The lowest BCUT2D eigenvalue weighted by molar-refractivity contribution is -0.118. The van der Waals surface area contributed by atoms with Gasteiger partial charge in [-0.2, -0.15) is 4.99 Å². The first-order valence-electron chi connectivity index (χ1n) is 6.50. The highest BCUT2D eigenvalue weighted by atomic mass is 16.3. The van der Waals surface area contributed by atoms with Gasteiger partial charge in [0.1, 0.15) is 5.76 Å². The van der Waals surface area contributed by atoms with Crippen molar-refractivity contribution < 1.29 is 9.21 Å². The molecule has 0 saturated heterocycles. The Balaban J connectivity index is 1.78. The SMILES string of the molecule is C=C(C(=O)C1(N)N=NC(Nc2ccccc2)=N1)c1ccco1. The molecule has 3 N–H and O–H groups in total. The molecule has 2 heterocycles. The van der Waals surface area contributed by atoms with Crippen LogP contribution in [0.15, 0.2) is 74.9 Å². The summed E-state index contributed by atoms with van der Waals surface area (Å²) in [5, 5.41) is 10.5. The largest absolute Gasteiger partial charge is 0.464 e. The number of hydrogen-bond acceptors (Lipinski definition) is 7. The van der Waals surface area contributed by atoms with Crippen LogP contribution in [-0.4, -0.2) is 17.5 Å². The van der Waals surface area contributed by atoms with E-state index in [0.717, 1.165) is 5.69 Å². The van der Waals surface area contributed by atoms with Crippen LogP contribution in [0.3, 0.4) is 0 Å². The van der Waals surface area contributed by atoms with Gasteiger partial charge in [-0.3, -0.25) is 10.5 Å². The van der Waals surface area contributed by atoms with E-state index in [2.05, 4.69) is 27.1 Å². The van der Waals surface area contributed by atoms with Crippen LogP contribution < -0.4 is 11.1 Å². The zero-order chi connectivity index (χ0) is 15.6. The normalized spacial score (nSPS) is 19.8. The Morgan fingerprint density at radius 3 is 2.68 bits per heavy atom. The second-order valence-electron chi connectivity index (χ2n) is 4.64. The molecule has 2 aromatic rings. The van der Waals surface area contributed by atoms with E-state index in [0.29, 0.717) is 5.76 Å². The molecule has 110 valence electrons. The molecule has 1 aromatic heterocycles. The summed E-state index contributed by atoms with van der Waals surface area (Å²) in [5.74, 6) is -1.91. The number of anilines is 1. The van der Waals surface area contributed by atoms with Crippen LogP contribution in [0.2, 0.25) is 0 Å². The van der Waals surface area contributed by atoms with Crippen LogP contribution in [0.4, 0.5) is 5.69 Å². The van der Waals surface area contributed by atoms with Crippen LogP contribution >= 0.6 is 0 Å². The number of furan rings is 1. The van der Waals surface area contributed by atoms with Crippen molar-refractivity contribution in [3.63, 3.8) is 0 Å². The molecule has 1 aromatic carbocycles. The van der Waals surface area contributed by atoms with Gasteiger partial charge in [0.05, 0.1) is 11.8 Å². The fraction of sp³-hybridized carbons (Fsp3) is 0.0667. The summed E-state index contributed by atoms with van der Waals surface area (Å²) < 4.78 is 5.13. The van der Waals surface area contributed by atoms with Gasteiger partial charge in [-0.25, -0.2) is 0 Å². The molecule has 7 heteroatoms. The number of para-hydroxylation sites is 1. The summed E-state index contributed by atoms with van der Waals surface area (Å²) in [6.45, 7) is 3.68. The standard InChI is InChI=1S/C15H13N5O2/c1-10(12-8-5-9-22-12)13(21)15(16)18-14(19-20-15)17-11-6-3-2-4-7-11/h2-9H,1,16H2,(H,17,18). The third-order valence-electron chi connectivity index (χ3n) is 3.03. The number of aliphatic imine (C=N–C) groups is 1. The van der Waals surface area contributed by atoms with E-state index < -0.39 is 11.6 Å². The lowest BCUT2D eigenvalue weighted by Crippen LogP contribution is -2.43. The summed E-state index contributed by atoms with van der Waals surface area (Å²) in [4.78, 5) is 16.4. The van der Waals surface area contributed by atoms with Gasteiger partial charge in [0, 0.05) is 5.69 Å². The maximum absolute atomic E-state index is 12.4. The van der Waals surface area contributed by atoms with Crippen LogP contribution in [0.25, 0.3) is 5.57 Å². The van der Waals surface area contributed by atoms with Gasteiger partial charge in [0.15, 0.2) is 0 Å². The number of benzene rings is 1. The highest BCUT2D eigenvalue weighted by molar-refractivity contribution is 6.24. The third-order valence-corrected chi connectivity index (χ3v) is 3.03. The molecule has 1 aliphatic rings. The fourth-order valence-corrected chi connectivity index (χ4v) is 1.91. The van der Waals surface area contributed by atoms with Gasteiger partial charge in [0.25, 0.3) is 5.79 Å². The van der Waals surface area contributed by atoms with Crippen molar-refractivity contribution in [1.29, 1.82) is 0 Å². The molecule has 0 amide bonds. The van der Waals surface area contributed by atoms with Gasteiger partial charge in [-0.05, 0) is 24.3 Å². The highest BCUT2D eigenvalue weighted by Gasteiger charge is 2.40. The molecule has 7 nitrogen and oxygen atoms in total. The Hall–Kier alpha value is -3.06. The Kier molecular flexibility index (Phi) is 3.40. The number of carbonyl (C=O) groups is 1. The van der Waals surface area contributed by atoms with Gasteiger partial charge < -0.3 is 9.73 Å². The second kappa shape index (κ2) is 5.38. The Labute approximate surface area is 126 Å². The summed E-state index contributed by atoms with van der Waals surface area (Å²) in [6.07, 6.45) is 1.44. The fourth-order valence-electron chi connectivity index (χ4n) is 1.91. The monoisotopic (exact) mass is 295 g/mol. The van der Waals surface area contributed by atoms with E-state index >= 15 is 0 Å². The minimum atomic E-state index is -1.82. The van der Waals surface area contributed by atoms with Crippen molar-refractivity contribution in [2.75, 3.05) is 5.32 Å². The lowest BCUT2D eigenvalue weighted by atomic mass is 10.1. The molecule has 0 radical (unpaired) electrons. The topological polar surface area (TPSA) is 105 Å². The van der Waals surface area contributed by atoms with E-state index in [1.165, 1.54) is 6.26 Å². The maximum atomic E-state index is 12.4. The van der Waals surface area contributed by atoms with Crippen molar-refractivity contribution in [3.8, 4) is 0 Å². The number of azo groups is 1. The Morgan fingerprint density at radius 1 is 1.23 bits per heavy atom. The molecule has 0 bridgehead atoms. The van der Waals surface area contributed by atoms with E-state index in [-0.39, 0.29) is 11.5 Å². The first kappa shape index (κ1) is 13.9. The smallest absolute Gasteiger partial charge is 0.289 e. The van der Waals surface area contributed by atoms with E-state index in [1.807, 2.05) is 30.3 Å². The first-order chi connectivity index (χ1) is 10.6. The molecular formula is C15H13N5O2. The number of hydrogen-bond donors (Lipinski definition) is 2. The molecule has 1 atom stereocenters. The summed E-state index contributed by atoms with van der Waals surface area (Å²) in [6, 6.07) is 12.5. The van der Waals surface area contributed by atoms with E-state index in [4.69, 9.17) is 10.2 Å². The minimum absolute atomic E-state index is 0.0937. The molecule has 22 heavy (non-hydrogen) atoms. The molecule has 3 rings (SSSR count). The molecule has 0 saturated carbocycles. The van der Waals surface area contributed by atoms with Gasteiger partial charge >= 0.3 is 0 Å².